The lowest BCUT2D eigenvalue weighted by atomic mass is 10.2. The summed E-state index contributed by atoms with van der Waals surface area (Å²) in [4.78, 5) is 34.4. The molecule has 0 aliphatic carbocycles. The van der Waals surface area contributed by atoms with Crippen LogP contribution in [0, 0.1) is 10.1 Å². The van der Waals surface area contributed by atoms with Crippen molar-refractivity contribution >= 4 is 44.2 Å². The summed E-state index contributed by atoms with van der Waals surface area (Å²) in [6.07, 6.45) is 0. The molecule has 8 heteroatoms. The highest BCUT2D eigenvalue weighted by atomic mass is 79.9. The summed E-state index contributed by atoms with van der Waals surface area (Å²) in [6.45, 7) is 0. The maximum Gasteiger partial charge on any atom is 0.360 e. The first-order chi connectivity index (χ1) is 11.4. The van der Waals surface area contributed by atoms with Gasteiger partial charge in [-0.05, 0) is 36.4 Å². The van der Waals surface area contributed by atoms with Gasteiger partial charge in [0.25, 0.3) is 11.6 Å². The first-order valence-electron chi connectivity index (χ1n) is 6.73. The van der Waals surface area contributed by atoms with Gasteiger partial charge in [0.2, 0.25) is 0 Å². The minimum atomic E-state index is -0.734. The van der Waals surface area contributed by atoms with Crippen molar-refractivity contribution in [2.45, 2.75) is 0 Å². The molecule has 0 saturated heterocycles. The van der Waals surface area contributed by atoms with E-state index < -0.39 is 16.5 Å². The quantitative estimate of drug-likeness (QED) is 0.418. The minimum absolute atomic E-state index is 0.0871. The second-order valence-electron chi connectivity index (χ2n) is 4.89. The molecule has 1 heterocycles. The van der Waals surface area contributed by atoms with Crippen molar-refractivity contribution in [3.05, 3.63) is 79.1 Å². The molecule has 1 N–H and O–H groups in total. The van der Waals surface area contributed by atoms with Gasteiger partial charge in [0.05, 0.1) is 4.92 Å². The van der Waals surface area contributed by atoms with Crippen LogP contribution >= 0.6 is 15.9 Å². The van der Waals surface area contributed by atoms with E-state index in [1.54, 1.807) is 24.3 Å². The van der Waals surface area contributed by atoms with Gasteiger partial charge >= 0.3 is 5.63 Å². The molecule has 0 fully saturated rings. The zero-order valence-corrected chi connectivity index (χ0v) is 13.6. The van der Waals surface area contributed by atoms with Crippen molar-refractivity contribution in [1.82, 2.24) is 0 Å². The molecule has 0 saturated carbocycles. The number of carbonyl (C=O) groups excluding carboxylic acids is 1. The number of nitrogens with zero attached hydrogens (tertiary/aromatic N) is 1. The molecule has 1 aromatic heterocycles. The van der Waals surface area contributed by atoms with Crippen LogP contribution in [0.15, 0.2) is 62.2 Å². The number of benzene rings is 2. The van der Waals surface area contributed by atoms with Crippen LogP contribution in [-0.4, -0.2) is 10.8 Å². The number of anilines is 1. The zero-order valence-electron chi connectivity index (χ0n) is 12.0. The Bertz CT molecular complexity index is 1010. The van der Waals surface area contributed by atoms with Gasteiger partial charge in [-0.15, -0.1) is 0 Å². The number of nitro benzene ring substituents is 1. The van der Waals surface area contributed by atoms with Crippen molar-refractivity contribution in [1.29, 1.82) is 0 Å². The number of hydrogen-bond donors (Lipinski definition) is 1. The largest absolute Gasteiger partial charge is 0.421 e. The number of halogens is 1. The monoisotopic (exact) mass is 388 g/mol. The molecule has 0 aliphatic heterocycles. The van der Waals surface area contributed by atoms with E-state index in [0.29, 0.717) is 10.9 Å². The molecular weight excluding hydrogens is 380 g/mol. The number of nitro groups is 1. The van der Waals surface area contributed by atoms with Crippen LogP contribution in [0.1, 0.15) is 10.4 Å². The number of hydrogen-bond acceptors (Lipinski definition) is 5. The zero-order chi connectivity index (χ0) is 17.3. The highest BCUT2D eigenvalue weighted by molar-refractivity contribution is 9.10. The standard InChI is InChI=1S/C16H9BrN2O5/c17-11-3-1-9(2-4-11)15(20)18-13-8-10-7-12(19(22)23)5-6-14(10)24-16(13)21/h1-8H,(H,18,20). The van der Waals surface area contributed by atoms with Crippen molar-refractivity contribution in [2.75, 3.05) is 5.32 Å². The van der Waals surface area contributed by atoms with Crippen molar-refractivity contribution in [3.8, 4) is 0 Å². The molecule has 1 amide bonds. The lowest BCUT2D eigenvalue weighted by Gasteiger charge is -2.05. The molecule has 0 unspecified atom stereocenters. The Morgan fingerprint density at radius 2 is 1.83 bits per heavy atom. The topological polar surface area (TPSA) is 102 Å². The molecule has 0 spiro atoms. The van der Waals surface area contributed by atoms with Crippen LogP contribution < -0.4 is 10.9 Å². The van der Waals surface area contributed by atoms with Gasteiger partial charge in [-0.3, -0.25) is 14.9 Å². The van der Waals surface area contributed by atoms with Gasteiger partial charge < -0.3 is 9.73 Å². The average Bonchev–Trinajstić information content (AvgIpc) is 2.55. The molecule has 0 aliphatic rings. The third kappa shape index (κ3) is 3.18. The summed E-state index contributed by atoms with van der Waals surface area (Å²) in [5, 5.41) is 13.6. The fraction of sp³-hybridized carbons (Fsp3) is 0. The van der Waals surface area contributed by atoms with E-state index in [1.165, 1.54) is 24.3 Å². The SMILES string of the molecule is O=C(Nc1cc2cc([N+](=O)[O-])ccc2oc1=O)c1ccc(Br)cc1. The number of non-ortho nitro benzene ring substituents is 1. The number of rotatable bonds is 3. The van der Waals surface area contributed by atoms with Crippen LogP contribution in [0.25, 0.3) is 11.0 Å². The van der Waals surface area contributed by atoms with E-state index in [-0.39, 0.29) is 17.0 Å². The van der Waals surface area contributed by atoms with E-state index in [2.05, 4.69) is 21.2 Å². The molecule has 3 rings (SSSR count). The van der Waals surface area contributed by atoms with Gasteiger partial charge in [0.1, 0.15) is 11.3 Å². The highest BCUT2D eigenvalue weighted by Gasteiger charge is 2.13. The Balaban J connectivity index is 1.97. The summed E-state index contributed by atoms with van der Waals surface area (Å²) in [7, 11) is 0. The number of nitrogens with one attached hydrogen (secondary N) is 1. The fourth-order valence-electron chi connectivity index (χ4n) is 2.11. The second-order valence-corrected chi connectivity index (χ2v) is 5.80. The normalized spacial score (nSPS) is 10.5. The lowest BCUT2D eigenvalue weighted by Crippen LogP contribution is -2.17. The second kappa shape index (κ2) is 6.25. The Morgan fingerprint density at radius 3 is 2.50 bits per heavy atom. The van der Waals surface area contributed by atoms with Gasteiger partial charge in [-0.25, -0.2) is 4.79 Å². The van der Waals surface area contributed by atoms with Gasteiger partial charge in [-0.1, -0.05) is 15.9 Å². The van der Waals surface area contributed by atoms with Crippen LogP contribution in [0.3, 0.4) is 0 Å². The third-order valence-corrected chi connectivity index (χ3v) is 3.81. The third-order valence-electron chi connectivity index (χ3n) is 3.28. The predicted octanol–water partition coefficient (Wildman–Crippen LogP) is 3.72. The van der Waals surface area contributed by atoms with Crippen molar-refractivity contribution in [2.24, 2.45) is 0 Å². The fourth-order valence-corrected chi connectivity index (χ4v) is 2.37. The molecule has 120 valence electrons. The molecule has 0 radical (unpaired) electrons. The average molecular weight is 389 g/mol. The maximum absolute atomic E-state index is 12.2. The molecule has 0 atom stereocenters. The molecule has 0 bridgehead atoms. The molecular formula is C16H9BrN2O5. The van der Waals surface area contributed by atoms with E-state index in [4.69, 9.17) is 4.42 Å². The lowest BCUT2D eigenvalue weighted by molar-refractivity contribution is -0.384. The van der Waals surface area contributed by atoms with Crippen LogP contribution in [0.4, 0.5) is 11.4 Å². The summed E-state index contributed by atoms with van der Waals surface area (Å²) < 4.78 is 5.90. The number of amides is 1. The van der Waals surface area contributed by atoms with E-state index in [0.717, 1.165) is 4.47 Å². The van der Waals surface area contributed by atoms with Crippen LogP contribution in [-0.2, 0) is 0 Å². The van der Waals surface area contributed by atoms with Gasteiger partial charge in [-0.2, -0.15) is 0 Å². The number of carbonyl (C=O) groups is 1. The molecule has 7 nitrogen and oxygen atoms in total. The first-order valence-corrected chi connectivity index (χ1v) is 7.52. The van der Waals surface area contributed by atoms with Crippen LogP contribution in [0.5, 0.6) is 0 Å². The Morgan fingerprint density at radius 1 is 1.12 bits per heavy atom. The van der Waals surface area contributed by atoms with Crippen LogP contribution in [0.2, 0.25) is 0 Å². The van der Waals surface area contributed by atoms with Gasteiger partial charge in [0.15, 0.2) is 0 Å². The summed E-state index contributed by atoms with van der Waals surface area (Å²) in [6, 6.07) is 11.8. The first kappa shape index (κ1) is 15.9. The molecule has 3 aromatic rings. The Hall–Kier alpha value is -3.00. The van der Waals surface area contributed by atoms with Gasteiger partial charge in [0, 0.05) is 27.6 Å². The van der Waals surface area contributed by atoms with E-state index in [1.807, 2.05) is 0 Å². The maximum atomic E-state index is 12.2. The summed E-state index contributed by atoms with van der Waals surface area (Å²) >= 11 is 3.27. The minimum Gasteiger partial charge on any atom is -0.421 e. The highest BCUT2D eigenvalue weighted by Crippen LogP contribution is 2.22. The van der Waals surface area contributed by atoms with E-state index >= 15 is 0 Å². The molecule has 24 heavy (non-hydrogen) atoms. The smallest absolute Gasteiger partial charge is 0.360 e. The summed E-state index contributed by atoms with van der Waals surface area (Å²) in [5.41, 5.74) is -0.400. The predicted molar refractivity (Wildman–Crippen MR) is 91.2 cm³/mol. The van der Waals surface area contributed by atoms with Crippen molar-refractivity contribution < 1.29 is 14.1 Å². The summed E-state index contributed by atoms with van der Waals surface area (Å²) in [5.74, 6) is -0.486. The Kier molecular flexibility index (Phi) is 4.13. The van der Waals surface area contributed by atoms with Crippen molar-refractivity contribution in [3.63, 3.8) is 0 Å². The molecule has 2 aromatic carbocycles. The number of fused-ring (bicyclic) bond motifs is 1. The van der Waals surface area contributed by atoms with E-state index in [9.17, 15) is 19.7 Å². The Labute approximate surface area is 143 Å².